The van der Waals surface area contributed by atoms with Crippen LogP contribution in [0.3, 0.4) is 0 Å². The van der Waals surface area contributed by atoms with Gasteiger partial charge in [-0.05, 0) is 6.07 Å². The van der Waals surface area contributed by atoms with Gasteiger partial charge in [-0.2, -0.15) is 0 Å². The number of benzene rings is 1. The van der Waals surface area contributed by atoms with Gasteiger partial charge in [0.2, 0.25) is 0 Å². The van der Waals surface area contributed by atoms with Gasteiger partial charge < -0.3 is 14.2 Å². The summed E-state index contributed by atoms with van der Waals surface area (Å²) in [5, 5.41) is 0. The van der Waals surface area contributed by atoms with Crippen LogP contribution in [0.2, 0.25) is 0 Å². The molecule has 0 aliphatic carbocycles. The van der Waals surface area contributed by atoms with Crippen LogP contribution < -0.4 is 9.47 Å². The Hall–Kier alpha value is -1.22. The summed E-state index contributed by atoms with van der Waals surface area (Å²) in [7, 11) is 3.34. The average molecular weight is 208 g/mol. The van der Waals surface area contributed by atoms with Gasteiger partial charge in [-0.25, -0.2) is 0 Å². The minimum atomic E-state index is 0.0949. The number of ether oxygens (including phenoxy) is 3. The first kappa shape index (κ1) is 10.3. The number of rotatable bonds is 3. The third-order valence-corrected chi connectivity index (χ3v) is 2.90. The fourth-order valence-corrected chi connectivity index (χ4v) is 1.86. The minimum absolute atomic E-state index is 0.0949. The molecule has 0 aromatic heterocycles. The number of hydrogen-bond acceptors (Lipinski definition) is 3. The molecule has 3 nitrogen and oxygen atoms in total. The van der Waals surface area contributed by atoms with Crippen molar-refractivity contribution < 1.29 is 14.2 Å². The van der Waals surface area contributed by atoms with Crippen molar-refractivity contribution in [3.8, 4) is 11.5 Å². The molecule has 0 unspecified atom stereocenters. The van der Waals surface area contributed by atoms with Crippen molar-refractivity contribution in [1.29, 1.82) is 0 Å². The molecule has 0 bridgehead atoms. The second kappa shape index (κ2) is 3.74. The van der Waals surface area contributed by atoms with Crippen molar-refractivity contribution >= 4 is 0 Å². The fourth-order valence-electron chi connectivity index (χ4n) is 1.86. The summed E-state index contributed by atoms with van der Waals surface area (Å²) in [5.41, 5.74) is 1.29. The Bertz CT molecular complexity index is 356. The molecule has 0 radical (unpaired) electrons. The van der Waals surface area contributed by atoms with Crippen molar-refractivity contribution in [3.05, 3.63) is 23.8 Å². The van der Waals surface area contributed by atoms with Gasteiger partial charge in [0, 0.05) is 17.0 Å². The van der Waals surface area contributed by atoms with E-state index in [4.69, 9.17) is 14.2 Å². The van der Waals surface area contributed by atoms with Crippen molar-refractivity contribution in [2.75, 3.05) is 27.4 Å². The van der Waals surface area contributed by atoms with E-state index in [2.05, 4.69) is 13.0 Å². The molecule has 3 heteroatoms. The van der Waals surface area contributed by atoms with Crippen LogP contribution in [0.5, 0.6) is 11.5 Å². The van der Waals surface area contributed by atoms with Gasteiger partial charge >= 0.3 is 0 Å². The lowest BCUT2D eigenvalue weighted by molar-refractivity contribution is -0.0509. The summed E-state index contributed by atoms with van der Waals surface area (Å²) >= 11 is 0. The molecule has 1 saturated heterocycles. The highest BCUT2D eigenvalue weighted by Gasteiger charge is 2.37. The highest BCUT2D eigenvalue weighted by atomic mass is 16.5. The lowest BCUT2D eigenvalue weighted by Crippen LogP contribution is -2.44. The zero-order valence-corrected chi connectivity index (χ0v) is 9.37. The predicted octanol–water partition coefficient (Wildman–Crippen LogP) is 1.99. The quantitative estimate of drug-likeness (QED) is 0.760. The van der Waals surface area contributed by atoms with Crippen molar-refractivity contribution in [2.45, 2.75) is 12.3 Å². The van der Waals surface area contributed by atoms with Crippen LogP contribution in [0.15, 0.2) is 18.2 Å². The van der Waals surface area contributed by atoms with E-state index >= 15 is 0 Å². The minimum Gasteiger partial charge on any atom is -0.497 e. The van der Waals surface area contributed by atoms with Gasteiger partial charge in [0.15, 0.2) is 0 Å². The Morgan fingerprint density at radius 3 is 2.40 bits per heavy atom. The van der Waals surface area contributed by atoms with Crippen LogP contribution in [0.4, 0.5) is 0 Å². The van der Waals surface area contributed by atoms with E-state index in [1.807, 2.05) is 12.1 Å². The smallest absolute Gasteiger partial charge is 0.126 e. The average Bonchev–Trinajstić information content (AvgIpc) is 2.25. The van der Waals surface area contributed by atoms with Crippen LogP contribution in [-0.4, -0.2) is 27.4 Å². The molecule has 0 saturated carbocycles. The van der Waals surface area contributed by atoms with Gasteiger partial charge in [-0.1, -0.05) is 13.0 Å². The lowest BCUT2D eigenvalue weighted by atomic mass is 9.80. The first-order valence-electron chi connectivity index (χ1n) is 5.00. The monoisotopic (exact) mass is 208 g/mol. The Labute approximate surface area is 90.0 Å². The van der Waals surface area contributed by atoms with E-state index in [-0.39, 0.29) is 5.41 Å². The summed E-state index contributed by atoms with van der Waals surface area (Å²) in [6.07, 6.45) is 0. The molecular weight excluding hydrogens is 192 g/mol. The third kappa shape index (κ3) is 1.67. The zero-order valence-electron chi connectivity index (χ0n) is 9.37. The van der Waals surface area contributed by atoms with Gasteiger partial charge in [0.1, 0.15) is 11.5 Å². The Morgan fingerprint density at radius 1 is 1.20 bits per heavy atom. The summed E-state index contributed by atoms with van der Waals surface area (Å²) in [6, 6.07) is 5.93. The fraction of sp³-hybridized carbons (Fsp3) is 0.500. The molecule has 0 atom stereocenters. The molecule has 2 rings (SSSR count). The van der Waals surface area contributed by atoms with Crippen LogP contribution >= 0.6 is 0 Å². The van der Waals surface area contributed by atoms with E-state index < -0.39 is 0 Å². The topological polar surface area (TPSA) is 27.7 Å². The maximum Gasteiger partial charge on any atom is 0.126 e. The number of methoxy groups -OCH3 is 2. The van der Waals surface area contributed by atoms with Gasteiger partial charge in [0.05, 0.1) is 27.4 Å². The first-order valence-corrected chi connectivity index (χ1v) is 5.00. The largest absolute Gasteiger partial charge is 0.497 e. The predicted molar refractivity (Wildman–Crippen MR) is 57.7 cm³/mol. The van der Waals surface area contributed by atoms with E-state index in [1.54, 1.807) is 14.2 Å². The Morgan fingerprint density at radius 2 is 1.93 bits per heavy atom. The Balaban J connectivity index is 2.38. The van der Waals surface area contributed by atoms with E-state index in [0.717, 1.165) is 24.7 Å². The molecule has 1 heterocycles. The van der Waals surface area contributed by atoms with Crippen molar-refractivity contribution in [2.24, 2.45) is 0 Å². The number of hydrogen-bond donors (Lipinski definition) is 0. The molecule has 1 aliphatic rings. The standard InChI is InChI=1S/C12H16O3/c1-12(7-15-8-12)10-5-4-9(13-2)6-11(10)14-3/h4-6H,7-8H2,1-3H3. The molecular formula is C12H16O3. The maximum atomic E-state index is 5.37. The molecule has 1 aromatic carbocycles. The van der Waals surface area contributed by atoms with E-state index in [1.165, 1.54) is 5.56 Å². The van der Waals surface area contributed by atoms with Crippen LogP contribution in [-0.2, 0) is 10.2 Å². The first-order chi connectivity index (χ1) is 7.19. The SMILES string of the molecule is COc1ccc(C2(C)COC2)c(OC)c1. The second-order valence-corrected chi connectivity index (χ2v) is 4.12. The molecule has 0 spiro atoms. The van der Waals surface area contributed by atoms with Gasteiger partial charge in [-0.3, -0.25) is 0 Å². The third-order valence-electron chi connectivity index (χ3n) is 2.90. The summed E-state index contributed by atoms with van der Waals surface area (Å²) in [6.45, 7) is 3.70. The van der Waals surface area contributed by atoms with E-state index in [0.29, 0.717) is 0 Å². The molecule has 15 heavy (non-hydrogen) atoms. The molecule has 0 amide bonds. The zero-order chi connectivity index (χ0) is 10.9. The van der Waals surface area contributed by atoms with Crippen molar-refractivity contribution in [1.82, 2.24) is 0 Å². The van der Waals surface area contributed by atoms with Crippen LogP contribution in [0, 0.1) is 0 Å². The Kier molecular flexibility index (Phi) is 2.57. The lowest BCUT2D eigenvalue weighted by Gasteiger charge is -2.39. The van der Waals surface area contributed by atoms with Gasteiger partial charge in [0.25, 0.3) is 0 Å². The summed E-state index contributed by atoms with van der Waals surface area (Å²) < 4.78 is 15.8. The highest BCUT2D eigenvalue weighted by molar-refractivity contribution is 5.45. The summed E-state index contributed by atoms with van der Waals surface area (Å²) in [5.74, 6) is 1.69. The molecule has 1 aliphatic heterocycles. The molecule has 0 N–H and O–H groups in total. The van der Waals surface area contributed by atoms with Crippen molar-refractivity contribution in [3.63, 3.8) is 0 Å². The van der Waals surface area contributed by atoms with E-state index in [9.17, 15) is 0 Å². The van der Waals surface area contributed by atoms with Crippen LogP contribution in [0.25, 0.3) is 0 Å². The molecule has 1 fully saturated rings. The maximum absolute atomic E-state index is 5.37. The molecule has 1 aromatic rings. The second-order valence-electron chi connectivity index (χ2n) is 4.12. The normalized spacial score (nSPS) is 18.1. The molecule has 82 valence electrons. The summed E-state index contributed by atoms with van der Waals surface area (Å²) in [4.78, 5) is 0. The highest BCUT2D eigenvalue weighted by Crippen LogP contribution is 2.39. The van der Waals surface area contributed by atoms with Crippen LogP contribution in [0.1, 0.15) is 12.5 Å². The van der Waals surface area contributed by atoms with Gasteiger partial charge in [-0.15, -0.1) is 0 Å².